The second-order valence-electron chi connectivity index (χ2n) is 6.78. The number of halogens is 3. The van der Waals surface area contributed by atoms with Gasteiger partial charge >= 0.3 is 12.2 Å². The minimum atomic E-state index is -4.43. The fourth-order valence-electron chi connectivity index (χ4n) is 2.95. The Bertz CT molecular complexity index is 1110. The third-order valence-electron chi connectivity index (χ3n) is 4.50. The molecule has 0 saturated heterocycles. The highest BCUT2D eigenvalue weighted by molar-refractivity contribution is 6.08. The molecule has 164 valence electrons. The maximum Gasteiger partial charge on any atom is 0.416 e. The predicted octanol–water partition coefficient (Wildman–Crippen LogP) is 5.93. The summed E-state index contributed by atoms with van der Waals surface area (Å²) in [5.74, 6) is -0.412. The van der Waals surface area contributed by atoms with E-state index in [1.54, 1.807) is 54.6 Å². The molecule has 5 nitrogen and oxygen atoms in total. The van der Waals surface area contributed by atoms with Crippen molar-refractivity contribution in [1.82, 2.24) is 5.32 Å². The van der Waals surface area contributed by atoms with E-state index >= 15 is 0 Å². The lowest BCUT2D eigenvalue weighted by Crippen LogP contribution is -2.28. The number of hydrogen-bond donors (Lipinski definition) is 3. The molecule has 0 heterocycles. The minimum Gasteiger partial charge on any atom is -0.334 e. The van der Waals surface area contributed by atoms with Crippen molar-refractivity contribution in [3.05, 3.63) is 96.6 Å². The first kappa shape index (κ1) is 22.6. The summed E-state index contributed by atoms with van der Waals surface area (Å²) in [5.41, 5.74) is 1.60. The lowest BCUT2D eigenvalue weighted by molar-refractivity contribution is -0.137. The van der Waals surface area contributed by atoms with E-state index < -0.39 is 17.6 Å². The summed E-state index contributed by atoms with van der Waals surface area (Å²) in [7, 11) is 0. The molecule has 0 saturated carbocycles. The Morgan fingerprint density at radius 1 is 0.844 bits per heavy atom. The second-order valence-corrected chi connectivity index (χ2v) is 6.78. The van der Waals surface area contributed by atoms with Crippen LogP contribution >= 0.6 is 0 Å². The SMILES string of the molecule is C=CCNC(=O)Nc1ccc(NC(=O)c2ccccc2-c2ccc(C(F)(F)F)cc2)cc1. The van der Waals surface area contributed by atoms with E-state index in [4.69, 9.17) is 0 Å². The van der Waals surface area contributed by atoms with Crippen LogP contribution in [0, 0.1) is 0 Å². The molecular weight excluding hydrogens is 419 g/mol. The van der Waals surface area contributed by atoms with Crippen molar-refractivity contribution in [3.8, 4) is 11.1 Å². The topological polar surface area (TPSA) is 70.2 Å². The molecule has 0 spiro atoms. The standard InChI is InChI=1S/C24H20F3N3O2/c1-2-15-28-23(32)30-19-13-11-18(12-14-19)29-22(31)21-6-4-3-5-20(21)16-7-9-17(10-8-16)24(25,26)27/h2-14H,1,15H2,(H,29,31)(H2,28,30,32). The Labute approximate surface area is 183 Å². The molecule has 0 aliphatic rings. The highest BCUT2D eigenvalue weighted by Crippen LogP contribution is 2.32. The van der Waals surface area contributed by atoms with Gasteiger partial charge in [-0.25, -0.2) is 4.79 Å². The van der Waals surface area contributed by atoms with Gasteiger partial charge in [-0.2, -0.15) is 13.2 Å². The van der Waals surface area contributed by atoms with E-state index in [-0.39, 0.29) is 6.03 Å². The first-order chi connectivity index (χ1) is 15.3. The van der Waals surface area contributed by atoms with Crippen LogP contribution in [0.1, 0.15) is 15.9 Å². The molecule has 3 aromatic carbocycles. The van der Waals surface area contributed by atoms with E-state index in [0.717, 1.165) is 12.1 Å². The molecule has 3 rings (SSSR count). The molecule has 3 N–H and O–H groups in total. The van der Waals surface area contributed by atoms with E-state index in [2.05, 4.69) is 22.5 Å². The Hall–Kier alpha value is -4.07. The number of amides is 3. The number of nitrogens with one attached hydrogen (secondary N) is 3. The highest BCUT2D eigenvalue weighted by Gasteiger charge is 2.30. The van der Waals surface area contributed by atoms with Crippen LogP contribution in [0.3, 0.4) is 0 Å². The van der Waals surface area contributed by atoms with Crippen molar-refractivity contribution >= 4 is 23.3 Å². The molecular formula is C24H20F3N3O2. The Morgan fingerprint density at radius 3 is 2.03 bits per heavy atom. The van der Waals surface area contributed by atoms with Gasteiger partial charge in [-0.3, -0.25) is 4.79 Å². The number of benzene rings is 3. The quantitative estimate of drug-likeness (QED) is 0.417. The summed E-state index contributed by atoms with van der Waals surface area (Å²) in [4.78, 5) is 24.5. The molecule has 0 radical (unpaired) electrons. The van der Waals surface area contributed by atoms with Gasteiger partial charge in [-0.05, 0) is 53.6 Å². The maximum absolute atomic E-state index is 12.8. The molecule has 0 bridgehead atoms. The number of carbonyl (C=O) groups excluding carboxylic acids is 2. The largest absolute Gasteiger partial charge is 0.416 e. The first-order valence-electron chi connectivity index (χ1n) is 9.62. The van der Waals surface area contributed by atoms with Crippen LogP contribution in [0.4, 0.5) is 29.3 Å². The van der Waals surface area contributed by atoms with Crippen molar-refractivity contribution < 1.29 is 22.8 Å². The molecule has 0 aliphatic carbocycles. The summed E-state index contributed by atoms with van der Waals surface area (Å²) in [6.45, 7) is 3.85. The van der Waals surface area contributed by atoms with Crippen molar-refractivity contribution in [3.63, 3.8) is 0 Å². The Morgan fingerprint density at radius 2 is 1.44 bits per heavy atom. The van der Waals surface area contributed by atoms with Crippen molar-refractivity contribution in [2.24, 2.45) is 0 Å². The van der Waals surface area contributed by atoms with Gasteiger partial charge in [-0.15, -0.1) is 6.58 Å². The van der Waals surface area contributed by atoms with Gasteiger partial charge in [0.15, 0.2) is 0 Å². The van der Waals surface area contributed by atoms with Crippen molar-refractivity contribution in [2.75, 3.05) is 17.2 Å². The predicted molar refractivity (Wildman–Crippen MR) is 118 cm³/mol. The van der Waals surface area contributed by atoms with Crippen LogP contribution in [-0.2, 0) is 6.18 Å². The number of carbonyl (C=O) groups is 2. The van der Waals surface area contributed by atoms with E-state index in [0.29, 0.717) is 34.6 Å². The molecule has 0 aliphatic heterocycles. The van der Waals surface area contributed by atoms with Crippen LogP contribution in [0.25, 0.3) is 11.1 Å². The third kappa shape index (κ3) is 5.75. The first-order valence-corrected chi connectivity index (χ1v) is 9.62. The van der Waals surface area contributed by atoms with Gasteiger partial charge in [-0.1, -0.05) is 36.4 Å². The van der Waals surface area contributed by atoms with Gasteiger partial charge in [0.1, 0.15) is 0 Å². The molecule has 3 amide bonds. The number of urea groups is 1. The lowest BCUT2D eigenvalue weighted by atomic mass is 9.98. The zero-order chi connectivity index (χ0) is 23.1. The van der Waals surface area contributed by atoms with Crippen LogP contribution < -0.4 is 16.0 Å². The van der Waals surface area contributed by atoms with Crippen molar-refractivity contribution in [1.29, 1.82) is 0 Å². The fourth-order valence-corrected chi connectivity index (χ4v) is 2.95. The normalized spacial score (nSPS) is 10.8. The monoisotopic (exact) mass is 439 g/mol. The number of hydrogen-bond acceptors (Lipinski definition) is 2. The van der Waals surface area contributed by atoms with E-state index in [9.17, 15) is 22.8 Å². The van der Waals surface area contributed by atoms with Crippen LogP contribution in [-0.4, -0.2) is 18.5 Å². The molecule has 0 aromatic heterocycles. The van der Waals surface area contributed by atoms with Gasteiger partial charge < -0.3 is 16.0 Å². The summed E-state index contributed by atoms with van der Waals surface area (Å²) in [5, 5.41) is 7.98. The summed E-state index contributed by atoms with van der Waals surface area (Å²) in [6, 6.07) is 17.4. The van der Waals surface area contributed by atoms with Gasteiger partial charge in [0.25, 0.3) is 5.91 Å². The van der Waals surface area contributed by atoms with Gasteiger partial charge in [0.2, 0.25) is 0 Å². The molecule has 0 fully saturated rings. The van der Waals surface area contributed by atoms with Gasteiger partial charge in [0, 0.05) is 23.5 Å². The molecule has 3 aromatic rings. The van der Waals surface area contributed by atoms with Crippen LogP contribution in [0.5, 0.6) is 0 Å². The smallest absolute Gasteiger partial charge is 0.334 e. The molecule has 0 atom stereocenters. The molecule has 0 unspecified atom stereocenters. The van der Waals surface area contributed by atoms with Gasteiger partial charge in [0.05, 0.1) is 5.56 Å². The summed E-state index contributed by atoms with van der Waals surface area (Å²) < 4.78 is 38.5. The number of rotatable bonds is 6. The summed E-state index contributed by atoms with van der Waals surface area (Å²) in [6.07, 6.45) is -2.87. The average Bonchev–Trinajstić information content (AvgIpc) is 2.78. The number of anilines is 2. The van der Waals surface area contributed by atoms with Crippen molar-refractivity contribution in [2.45, 2.75) is 6.18 Å². The summed E-state index contributed by atoms with van der Waals surface area (Å²) >= 11 is 0. The molecule has 8 heteroatoms. The number of alkyl halides is 3. The highest BCUT2D eigenvalue weighted by atomic mass is 19.4. The second kappa shape index (κ2) is 9.82. The van der Waals surface area contributed by atoms with E-state index in [1.807, 2.05) is 0 Å². The molecule has 32 heavy (non-hydrogen) atoms. The van der Waals surface area contributed by atoms with Crippen LogP contribution in [0.2, 0.25) is 0 Å². The Balaban J connectivity index is 1.74. The fraction of sp³-hybridized carbons (Fsp3) is 0.0833. The lowest BCUT2D eigenvalue weighted by Gasteiger charge is -2.12. The van der Waals surface area contributed by atoms with Crippen LogP contribution in [0.15, 0.2) is 85.5 Å². The zero-order valence-electron chi connectivity index (χ0n) is 16.9. The average molecular weight is 439 g/mol. The van der Waals surface area contributed by atoms with E-state index in [1.165, 1.54) is 12.1 Å². The maximum atomic E-state index is 12.8. The Kier molecular flexibility index (Phi) is 6.94. The minimum absolute atomic E-state index is 0.318. The zero-order valence-corrected chi connectivity index (χ0v) is 16.9. The third-order valence-corrected chi connectivity index (χ3v) is 4.50.